The Morgan fingerprint density at radius 3 is 2.37 bits per heavy atom. The Labute approximate surface area is 182 Å². The Morgan fingerprint density at radius 1 is 0.967 bits per heavy atom. The fourth-order valence-corrected chi connectivity index (χ4v) is 4.58. The van der Waals surface area contributed by atoms with Gasteiger partial charge in [-0.05, 0) is 50.2 Å². The first-order chi connectivity index (χ1) is 14.5. The summed E-state index contributed by atoms with van der Waals surface area (Å²) < 4.78 is 13.2. The van der Waals surface area contributed by atoms with Crippen molar-refractivity contribution in [3.63, 3.8) is 0 Å². The Bertz CT molecular complexity index is 1170. The largest absolute Gasteiger partial charge is 0.293 e. The highest BCUT2D eigenvalue weighted by molar-refractivity contribution is 7.99. The molecule has 150 valence electrons. The zero-order valence-corrected chi connectivity index (χ0v) is 18.1. The van der Waals surface area contributed by atoms with Gasteiger partial charge in [-0.15, -0.1) is 21.5 Å². The number of aromatic nitrogens is 3. The third kappa shape index (κ3) is 4.63. The summed E-state index contributed by atoms with van der Waals surface area (Å²) >= 11 is 2.87. The first-order valence-corrected chi connectivity index (χ1v) is 11.1. The molecular weight excluding hydrogens is 417 g/mol. The van der Waals surface area contributed by atoms with Crippen LogP contribution in [0, 0.1) is 19.7 Å². The number of halogens is 1. The minimum atomic E-state index is -0.271. The molecule has 0 atom stereocenters. The number of hydrogen-bond donors (Lipinski definition) is 0. The maximum Gasteiger partial charge on any atom is 0.173 e. The van der Waals surface area contributed by atoms with E-state index in [4.69, 9.17) is 0 Å². The second kappa shape index (κ2) is 8.85. The zero-order valence-electron chi connectivity index (χ0n) is 16.4. The summed E-state index contributed by atoms with van der Waals surface area (Å²) in [5.41, 5.74) is 4.27. The quantitative estimate of drug-likeness (QED) is 0.275. The molecule has 2 aromatic heterocycles. The molecule has 0 bridgehead atoms. The fourth-order valence-electron chi connectivity index (χ4n) is 2.83. The average Bonchev–Trinajstić information content (AvgIpc) is 3.15. The van der Waals surface area contributed by atoms with Crippen LogP contribution in [-0.4, -0.2) is 26.7 Å². The van der Waals surface area contributed by atoms with Crippen LogP contribution in [0.3, 0.4) is 0 Å². The summed E-state index contributed by atoms with van der Waals surface area (Å²) in [6.45, 7) is 3.91. The molecular formula is C23H18FN3OS2. The number of thioether (sulfide) groups is 1. The van der Waals surface area contributed by atoms with Crippen LogP contribution in [0.25, 0.3) is 21.1 Å². The van der Waals surface area contributed by atoms with Gasteiger partial charge in [0.25, 0.3) is 0 Å². The number of hydrogen-bond acceptors (Lipinski definition) is 6. The zero-order chi connectivity index (χ0) is 21.1. The smallest absolute Gasteiger partial charge is 0.173 e. The van der Waals surface area contributed by atoms with Crippen molar-refractivity contribution >= 4 is 28.9 Å². The minimum Gasteiger partial charge on any atom is -0.293 e. The van der Waals surface area contributed by atoms with Crippen LogP contribution in [0.15, 0.2) is 65.7 Å². The summed E-state index contributed by atoms with van der Waals surface area (Å²) in [7, 11) is 0. The number of carbonyl (C=O) groups is 1. The molecule has 0 radical (unpaired) electrons. The standard InChI is InChI=1S/C23H18FN3OS2/c1-14-3-5-16(6-4-14)20(28)13-29-21-12-11-19(26-27-21)22-15(2)25-23(30-22)17-7-9-18(24)10-8-17/h3-12H,13H2,1-2H3. The molecule has 0 aliphatic carbocycles. The molecule has 0 saturated heterocycles. The molecule has 2 heterocycles. The van der Waals surface area contributed by atoms with E-state index in [1.807, 2.05) is 50.2 Å². The van der Waals surface area contributed by atoms with Crippen molar-refractivity contribution in [2.24, 2.45) is 0 Å². The monoisotopic (exact) mass is 435 g/mol. The second-order valence-electron chi connectivity index (χ2n) is 6.78. The minimum absolute atomic E-state index is 0.0631. The molecule has 0 fully saturated rings. The Kier molecular flexibility index (Phi) is 6.01. The number of Topliss-reactive ketones (excluding diaryl/α,β-unsaturated/α-hetero) is 1. The highest BCUT2D eigenvalue weighted by Crippen LogP contribution is 2.34. The van der Waals surface area contributed by atoms with Gasteiger partial charge in [0, 0.05) is 11.1 Å². The van der Waals surface area contributed by atoms with Gasteiger partial charge in [-0.1, -0.05) is 41.6 Å². The van der Waals surface area contributed by atoms with Crippen molar-refractivity contribution in [2.75, 3.05) is 5.75 Å². The number of carbonyl (C=O) groups excluding carboxylic acids is 1. The van der Waals surface area contributed by atoms with Crippen molar-refractivity contribution in [1.82, 2.24) is 15.2 Å². The van der Waals surface area contributed by atoms with Crippen LogP contribution in [0.5, 0.6) is 0 Å². The molecule has 7 heteroatoms. The van der Waals surface area contributed by atoms with Crippen molar-refractivity contribution in [1.29, 1.82) is 0 Å². The summed E-state index contributed by atoms with van der Waals surface area (Å²) in [6, 6.07) is 17.6. The first kappa shape index (κ1) is 20.4. The van der Waals surface area contributed by atoms with Gasteiger partial charge in [-0.3, -0.25) is 4.79 Å². The predicted molar refractivity (Wildman–Crippen MR) is 120 cm³/mol. The first-order valence-electron chi connectivity index (χ1n) is 9.30. The third-order valence-electron chi connectivity index (χ3n) is 4.49. The lowest BCUT2D eigenvalue weighted by molar-refractivity contribution is 0.102. The number of benzene rings is 2. The maximum atomic E-state index is 13.2. The number of thiazole rings is 1. The van der Waals surface area contributed by atoms with Crippen LogP contribution < -0.4 is 0 Å². The van der Waals surface area contributed by atoms with E-state index in [1.54, 1.807) is 12.1 Å². The van der Waals surface area contributed by atoms with Crippen LogP contribution in [0.2, 0.25) is 0 Å². The van der Waals surface area contributed by atoms with E-state index in [0.717, 1.165) is 32.4 Å². The van der Waals surface area contributed by atoms with E-state index in [-0.39, 0.29) is 11.6 Å². The van der Waals surface area contributed by atoms with E-state index in [1.165, 1.54) is 35.2 Å². The Morgan fingerprint density at radius 2 is 1.70 bits per heavy atom. The van der Waals surface area contributed by atoms with E-state index in [9.17, 15) is 9.18 Å². The van der Waals surface area contributed by atoms with Gasteiger partial charge in [-0.25, -0.2) is 9.37 Å². The molecule has 0 amide bonds. The normalized spacial score (nSPS) is 10.9. The summed E-state index contributed by atoms with van der Waals surface area (Å²) in [4.78, 5) is 17.8. The molecule has 0 saturated carbocycles. The Hall–Kier alpha value is -2.90. The molecule has 2 aromatic carbocycles. The molecule has 0 aliphatic rings. The van der Waals surface area contributed by atoms with Crippen molar-refractivity contribution in [3.05, 3.63) is 83.3 Å². The number of aryl methyl sites for hydroxylation is 2. The van der Waals surface area contributed by atoms with E-state index in [0.29, 0.717) is 16.3 Å². The molecule has 4 nitrogen and oxygen atoms in total. The van der Waals surface area contributed by atoms with Gasteiger partial charge in [0.1, 0.15) is 21.5 Å². The van der Waals surface area contributed by atoms with Crippen molar-refractivity contribution in [2.45, 2.75) is 18.9 Å². The second-order valence-corrected chi connectivity index (χ2v) is 8.77. The van der Waals surface area contributed by atoms with Gasteiger partial charge in [0.05, 0.1) is 16.3 Å². The van der Waals surface area contributed by atoms with E-state index in [2.05, 4.69) is 15.2 Å². The fraction of sp³-hybridized carbons (Fsp3) is 0.130. The molecule has 0 N–H and O–H groups in total. The number of rotatable bonds is 6. The van der Waals surface area contributed by atoms with Crippen molar-refractivity contribution < 1.29 is 9.18 Å². The summed E-state index contributed by atoms with van der Waals surface area (Å²) in [5.74, 6) is 0.103. The highest BCUT2D eigenvalue weighted by atomic mass is 32.2. The highest BCUT2D eigenvalue weighted by Gasteiger charge is 2.14. The topological polar surface area (TPSA) is 55.7 Å². The predicted octanol–water partition coefficient (Wildman–Crippen LogP) is 6.00. The SMILES string of the molecule is Cc1ccc(C(=O)CSc2ccc(-c3sc(-c4ccc(F)cc4)nc3C)nn2)cc1. The lowest BCUT2D eigenvalue weighted by atomic mass is 10.1. The van der Waals surface area contributed by atoms with Crippen LogP contribution in [0.1, 0.15) is 21.6 Å². The van der Waals surface area contributed by atoms with Crippen molar-refractivity contribution in [3.8, 4) is 21.1 Å². The van der Waals surface area contributed by atoms with E-state index >= 15 is 0 Å². The number of nitrogens with zero attached hydrogens (tertiary/aromatic N) is 3. The molecule has 0 aliphatic heterocycles. The van der Waals surface area contributed by atoms with Gasteiger partial charge < -0.3 is 0 Å². The average molecular weight is 436 g/mol. The molecule has 4 aromatic rings. The third-order valence-corrected chi connectivity index (χ3v) is 6.63. The maximum absolute atomic E-state index is 13.2. The van der Waals surface area contributed by atoms with Crippen LogP contribution in [0.4, 0.5) is 4.39 Å². The molecule has 0 spiro atoms. The van der Waals surface area contributed by atoms with Gasteiger partial charge >= 0.3 is 0 Å². The van der Waals surface area contributed by atoms with E-state index < -0.39 is 0 Å². The summed E-state index contributed by atoms with van der Waals surface area (Å²) in [6.07, 6.45) is 0. The summed E-state index contributed by atoms with van der Waals surface area (Å²) in [5, 5.41) is 10.1. The van der Waals surface area contributed by atoms with Gasteiger partial charge in [-0.2, -0.15) is 0 Å². The molecule has 30 heavy (non-hydrogen) atoms. The van der Waals surface area contributed by atoms with Gasteiger partial charge in [0.15, 0.2) is 5.78 Å². The lowest BCUT2D eigenvalue weighted by Gasteiger charge is -2.02. The van der Waals surface area contributed by atoms with Crippen LogP contribution in [-0.2, 0) is 0 Å². The lowest BCUT2D eigenvalue weighted by Crippen LogP contribution is -2.02. The van der Waals surface area contributed by atoms with Crippen LogP contribution >= 0.6 is 23.1 Å². The Balaban J connectivity index is 1.45. The molecule has 4 rings (SSSR count). The number of ketones is 1. The van der Waals surface area contributed by atoms with Gasteiger partial charge in [0.2, 0.25) is 0 Å². The molecule has 0 unspecified atom stereocenters.